The summed E-state index contributed by atoms with van der Waals surface area (Å²) < 4.78 is 11.4. The highest BCUT2D eigenvalue weighted by Gasteiger charge is 2.38. The molecule has 1 aromatic heterocycles. The van der Waals surface area contributed by atoms with Gasteiger partial charge in [-0.2, -0.15) is 15.8 Å². The lowest BCUT2D eigenvalue weighted by Gasteiger charge is -2.20. The number of benzene rings is 1. The third-order valence-electron chi connectivity index (χ3n) is 5.84. The van der Waals surface area contributed by atoms with Crippen molar-refractivity contribution in [2.24, 2.45) is 5.92 Å². The van der Waals surface area contributed by atoms with Crippen LogP contribution in [0.5, 0.6) is 0 Å². The first kappa shape index (κ1) is 23.3. The van der Waals surface area contributed by atoms with E-state index in [0.717, 1.165) is 16.5 Å². The summed E-state index contributed by atoms with van der Waals surface area (Å²) in [7, 11) is 0. The first-order valence-corrected chi connectivity index (χ1v) is 11.0. The standard InChI is InChI=1S/C29H21N3O3/c1-18-6-4-5-7-19-12-22-13-21(28(33)34-26(22)14-20(19)9-8-18)10-11-25-24(17-32)27(23(15-30)16-31)35-29(25,2)3/h4-14,18H,1-3H3/b6-4-,7-5-,9-8-,11-10+. The molecule has 1 unspecified atom stereocenters. The normalized spacial score (nSPS) is 21.0. The fourth-order valence-electron chi connectivity index (χ4n) is 3.99. The Morgan fingerprint density at radius 3 is 2.46 bits per heavy atom. The molecule has 2 heterocycles. The zero-order valence-electron chi connectivity index (χ0n) is 19.5. The molecule has 2 aliphatic rings. The molecule has 0 saturated carbocycles. The zero-order valence-corrected chi connectivity index (χ0v) is 19.5. The predicted octanol–water partition coefficient (Wildman–Crippen LogP) is 5.97. The second kappa shape index (κ2) is 9.18. The van der Waals surface area contributed by atoms with Crippen molar-refractivity contribution in [1.82, 2.24) is 0 Å². The number of rotatable bonds is 2. The van der Waals surface area contributed by atoms with E-state index in [2.05, 4.69) is 19.1 Å². The molecule has 6 nitrogen and oxygen atoms in total. The van der Waals surface area contributed by atoms with Crippen LogP contribution in [0, 0.1) is 39.9 Å². The van der Waals surface area contributed by atoms with Gasteiger partial charge in [0.2, 0.25) is 0 Å². The van der Waals surface area contributed by atoms with E-state index in [1.54, 1.807) is 44.2 Å². The first-order chi connectivity index (χ1) is 16.8. The number of fused-ring (bicyclic) bond motifs is 2. The summed E-state index contributed by atoms with van der Waals surface area (Å²) in [5.41, 5.74) is 1.50. The number of allylic oxidation sites excluding steroid dienone is 6. The lowest BCUT2D eigenvalue weighted by Crippen LogP contribution is -2.20. The quantitative estimate of drug-likeness (QED) is 0.404. The molecule has 2 aromatic rings. The van der Waals surface area contributed by atoms with E-state index in [1.165, 1.54) is 0 Å². The molecule has 1 aromatic carbocycles. The molecular weight excluding hydrogens is 438 g/mol. The van der Waals surface area contributed by atoms with E-state index in [9.17, 15) is 20.6 Å². The summed E-state index contributed by atoms with van der Waals surface area (Å²) in [5, 5.41) is 28.9. The van der Waals surface area contributed by atoms with Crippen LogP contribution in [-0.4, -0.2) is 5.60 Å². The summed E-state index contributed by atoms with van der Waals surface area (Å²) >= 11 is 0. The Morgan fingerprint density at radius 2 is 1.74 bits per heavy atom. The van der Waals surface area contributed by atoms with Crippen LogP contribution in [0.1, 0.15) is 37.5 Å². The lowest BCUT2D eigenvalue weighted by molar-refractivity contribution is 0.0954. The van der Waals surface area contributed by atoms with E-state index in [4.69, 9.17) is 9.15 Å². The first-order valence-electron chi connectivity index (χ1n) is 11.0. The Labute approximate surface area is 203 Å². The fraction of sp³-hybridized carbons (Fsp3) is 0.172. The minimum atomic E-state index is -0.969. The molecule has 0 radical (unpaired) electrons. The molecule has 4 rings (SSSR count). The van der Waals surface area contributed by atoms with Gasteiger partial charge in [0.15, 0.2) is 11.3 Å². The second-order valence-electron chi connectivity index (χ2n) is 8.74. The average molecular weight is 460 g/mol. The molecule has 6 heteroatoms. The molecular formula is C29H21N3O3. The van der Waals surface area contributed by atoms with E-state index < -0.39 is 11.2 Å². The van der Waals surface area contributed by atoms with Crippen molar-refractivity contribution in [1.29, 1.82) is 15.8 Å². The Kier molecular flexibility index (Phi) is 6.11. The number of nitrogens with zero attached hydrogens (tertiary/aromatic N) is 3. The van der Waals surface area contributed by atoms with Gasteiger partial charge >= 0.3 is 5.63 Å². The minimum absolute atomic E-state index is 0.0505. The minimum Gasteiger partial charge on any atom is -0.480 e. The average Bonchev–Trinajstić information content (AvgIpc) is 3.12. The maximum Gasteiger partial charge on any atom is 0.343 e. The molecule has 1 aliphatic carbocycles. The summed E-state index contributed by atoms with van der Waals surface area (Å²) in [6.07, 6.45) is 15.4. The third-order valence-corrected chi connectivity index (χ3v) is 5.84. The van der Waals surface area contributed by atoms with Gasteiger partial charge in [0, 0.05) is 11.0 Å². The van der Waals surface area contributed by atoms with Crippen LogP contribution in [-0.2, 0) is 4.74 Å². The van der Waals surface area contributed by atoms with Gasteiger partial charge in [-0.15, -0.1) is 0 Å². The SMILES string of the molecule is CC1/C=C\C=C/c2cc3cc(/C=C/C4=C(C#N)C(=C(C#N)C#N)OC4(C)C)c(=O)oc3cc2/C=C\1. The number of hydrogen-bond donors (Lipinski definition) is 0. The highest BCUT2D eigenvalue weighted by molar-refractivity contribution is 5.86. The largest absolute Gasteiger partial charge is 0.480 e. The van der Waals surface area contributed by atoms with Crippen molar-refractivity contribution in [3.8, 4) is 18.2 Å². The van der Waals surface area contributed by atoms with E-state index >= 15 is 0 Å². The third kappa shape index (κ3) is 4.49. The van der Waals surface area contributed by atoms with Crippen LogP contribution in [0.25, 0.3) is 29.2 Å². The van der Waals surface area contributed by atoms with Gasteiger partial charge in [0.05, 0.1) is 5.56 Å². The van der Waals surface area contributed by atoms with Gasteiger partial charge in [-0.25, -0.2) is 4.79 Å². The van der Waals surface area contributed by atoms with Crippen molar-refractivity contribution in [2.45, 2.75) is 26.4 Å². The maximum absolute atomic E-state index is 12.7. The topological polar surface area (TPSA) is 111 Å². The Balaban J connectivity index is 1.82. The molecule has 0 N–H and O–H groups in total. The van der Waals surface area contributed by atoms with E-state index in [-0.39, 0.29) is 22.8 Å². The predicted molar refractivity (Wildman–Crippen MR) is 134 cm³/mol. The van der Waals surface area contributed by atoms with Crippen LogP contribution < -0.4 is 5.63 Å². The van der Waals surface area contributed by atoms with E-state index in [1.807, 2.05) is 42.5 Å². The Bertz CT molecular complexity index is 1590. The van der Waals surface area contributed by atoms with Gasteiger partial charge < -0.3 is 9.15 Å². The van der Waals surface area contributed by atoms with Crippen LogP contribution in [0.15, 0.2) is 80.3 Å². The molecule has 0 fully saturated rings. The summed E-state index contributed by atoms with van der Waals surface area (Å²) in [6, 6.07) is 11.1. The van der Waals surface area contributed by atoms with Crippen LogP contribution in [0.2, 0.25) is 0 Å². The van der Waals surface area contributed by atoms with Crippen molar-refractivity contribution in [3.63, 3.8) is 0 Å². The second-order valence-corrected chi connectivity index (χ2v) is 8.74. The molecule has 170 valence electrons. The maximum atomic E-state index is 12.7. The molecule has 0 spiro atoms. The fourth-order valence-corrected chi connectivity index (χ4v) is 3.99. The summed E-state index contributed by atoms with van der Waals surface area (Å²) in [4.78, 5) is 12.7. The number of hydrogen-bond acceptors (Lipinski definition) is 6. The Morgan fingerprint density at radius 1 is 1.00 bits per heavy atom. The molecule has 35 heavy (non-hydrogen) atoms. The smallest absolute Gasteiger partial charge is 0.343 e. The molecule has 0 amide bonds. The van der Waals surface area contributed by atoms with Gasteiger partial charge in [-0.1, -0.05) is 49.5 Å². The lowest BCUT2D eigenvalue weighted by atomic mass is 9.94. The molecule has 1 atom stereocenters. The summed E-state index contributed by atoms with van der Waals surface area (Å²) in [6.45, 7) is 5.54. The van der Waals surface area contributed by atoms with Crippen LogP contribution >= 0.6 is 0 Å². The molecule has 1 aliphatic heterocycles. The Hall–Kier alpha value is -4.86. The summed E-state index contributed by atoms with van der Waals surface area (Å²) in [5.74, 6) is 0.232. The number of ether oxygens (including phenoxy) is 1. The van der Waals surface area contributed by atoms with Crippen molar-refractivity contribution < 1.29 is 9.15 Å². The monoisotopic (exact) mass is 459 g/mol. The van der Waals surface area contributed by atoms with Gasteiger partial charge in [-0.3, -0.25) is 0 Å². The van der Waals surface area contributed by atoms with Crippen LogP contribution in [0.4, 0.5) is 0 Å². The highest BCUT2D eigenvalue weighted by Crippen LogP contribution is 2.40. The molecule has 0 bridgehead atoms. The van der Waals surface area contributed by atoms with E-state index in [0.29, 0.717) is 16.7 Å². The molecule has 0 saturated heterocycles. The van der Waals surface area contributed by atoms with Crippen molar-refractivity contribution in [2.75, 3.05) is 0 Å². The van der Waals surface area contributed by atoms with Gasteiger partial charge in [0.25, 0.3) is 0 Å². The van der Waals surface area contributed by atoms with Crippen molar-refractivity contribution in [3.05, 3.63) is 98.2 Å². The van der Waals surface area contributed by atoms with Crippen molar-refractivity contribution >= 4 is 29.2 Å². The zero-order chi connectivity index (χ0) is 25.2. The number of nitriles is 3. The highest BCUT2D eigenvalue weighted by atomic mass is 16.5. The van der Waals surface area contributed by atoms with Gasteiger partial charge in [0.1, 0.15) is 35.0 Å². The van der Waals surface area contributed by atoms with Gasteiger partial charge in [-0.05, 0) is 55.2 Å². The van der Waals surface area contributed by atoms with Crippen LogP contribution in [0.3, 0.4) is 0 Å².